The number of hydrogen-bond acceptors (Lipinski definition) is 8. The second-order valence-electron chi connectivity index (χ2n) is 3.99. The van der Waals surface area contributed by atoms with E-state index < -0.39 is 4.92 Å². The van der Waals surface area contributed by atoms with E-state index in [-0.39, 0.29) is 29.8 Å². The Balaban J connectivity index is 2.27. The van der Waals surface area contributed by atoms with Crippen LogP contribution in [0.2, 0.25) is 0 Å². The summed E-state index contributed by atoms with van der Waals surface area (Å²) in [5.74, 6) is 0.598. The predicted octanol–water partition coefficient (Wildman–Crippen LogP) is 1.77. The molecule has 9 nitrogen and oxygen atoms in total. The number of nitrogens with two attached hydrogens (primary N) is 1. The molecule has 110 valence electrons. The number of nitro groups is 1. The smallest absolute Gasteiger partial charge is 0.353 e. The molecule has 0 spiro atoms. The van der Waals surface area contributed by atoms with E-state index >= 15 is 0 Å². The lowest BCUT2D eigenvalue weighted by Crippen LogP contribution is -2.12. The summed E-state index contributed by atoms with van der Waals surface area (Å²) >= 11 is 0. The molecule has 0 radical (unpaired) electrons. The summed E-state index contributed by atoms with van der Waals surface area (Å²) in [6.07, 6.45) is 3.12. The summed E-state index contributed by atoms with van der Waals surface area (Å²) in [5, 5.41) is 16.7. The fourth-order valence-corrected chi connectivity index (χ4v) is 1.60. The molecule has 0 aliphatic carbocycles. The zero-order valence-electron chi connectivity index (χ0n) is 11.1. The van der Waals surface area contributed by atoms with Crippen molar-refractivity contribution in [2.75, 3.05) is 22.9 Å². The van der Waals surface area contributed by atoms with Crippen molar-refractivity contribution in [2.45, 2.75) is 6.54 Å². The van der Waals surface area contributed by atoms with Crippen molar-refractivity contribution in [3.05, 3.63) is 46.9 Å². The van der Waals surface area contributed by atoms with Crippen LogP contribution in [0.3, 0.4) is 0 Å². The van der Waals surface area contributed by atoms with Gasteiger partial charge in [0.25, 0.3) is 0 Å². The van der Waals surface area contributed by atoms with Crippen LogP contribution in [0.4, 0.5) is 23.3 Å². The Morgan fingerprint density at radius 2 is 2.29 bits per heavy atom. The molecule has 0 aromatic carbocycles. The molecule has 0 unspecified atom stereocenters. The minimum absolute atomic E-state index is 0.0236. The Kier molecular flexibility index (Phi) is 4.34. The molecule has 0 bridgehead atoms. The average Bonchev–Trinajstić information content (AvgIpc) is 2.95. The third-order valence-electron chi connectivity index (χ3n) is 2.51. The molecule has 2 aromatic heterocycles. The lowest BCUT2D eigenvalue weighted by Gasteiger charge is -2.09. The minimum Gasteiger partial charge on any atom is -0.467 e. The first-order valence-electron chi connectivity index (χ1n) is 6.04. The summed E-state index contributed by atoms with van der Waals surface area (Å²) in [5.41, 5.74) is 5.25. The fraction of sp³-hybridized carbons (Fsp3) is 0.167. The highest BCUT2D eigenvalue weighted by molar-refractivity contribution is 5.69. The van der Waals surface area contributed by atoms with Gasteiger partial charge in [-0.2, -0.15) is 9.97 Å². The van der Waals surface area contributed by atoms with E-state index in [1.165, 1.54) is 6.26 Å². The quantitative estimate of drug-likeness (QED) is 0.399. The number of nitrogen functional groups attached to an aromatic ring is 1. The van der Waals surface area contributed by atoms with Crippen molar-refractivity contribution in [2.24, 2.45) is 0 Å². The molecule has 0 aliphatic rings. The Bertz CT molecular complexity index is 641. The topological polar surface area (TPSA) is 132 Å². The van der Waals surface area contributed by atoms with Gasteiger partial charge in [0, 0.05) is 6.54 Å². The molecule has 0 saturated carbocycles. The van der Waals surface area contributed by atoms with E-state index in [9.17, 15) is 10.1 Å². The first-order chi connectivity index (χ1) is 10.1. The van der Waals surface area contributed by atoms with Gasteiger partial charge in [0.1, 0.15) is 5.76 Å². The highest BCUT2D eigenvalue weighted by Crippen LogP contribution is 2.29. The zero-order valence-corrected chi connectivity index (χ0v) is 11.1. The fourth-order valence-electron chi connectivity index (χ4n) is 1.60. The molecule has 0 fully saturated rings. The summed E-state index contributed by atoms with van der Waals surface area (Å²) in [7, 11) is 0. The summed E-state index contributed by atoms with van der Waals surface area (Å²) in [4.78, 5) is 18.3. The van der Waals surface area contributed by atoms with E-state index in [1.54, 1.807) is 18.2 Å². The van der Waals surface area contributed by atoms with Gasteiger partial charge >= 0.3 is 5.69 Å². The molecular weight excluding hydrogens is 276 g/mol. The van der Waals surface area contributed by atoms with E-state index in [0.29, 0.717) is 12.3 Å². The minimum atomic E-state index is -0.628. The summed E-state index contributed by atoms with van der Waals surface area (Å²) in [6.45, 7) is 4.20. The van der Waals surface area contributed by atoms with Gasteiger partial charge in [-0.15, -0.1) is 6.58 Å². The lowest BCUT2D eigenvalue weighted by molar-refractivity contribution is -0.383. The maximum Gasteiger partial charge on any atom is 0.353 e. The number of nitrogens with one attached hydrogen (secondary N) is 2. The molecule has 2 heterocycles. The van der Waals surface area contributed by atoms with Crippen LogP contribution in [0.5, 0.6) is 0 Å². The Labute approximate surface area is 120 Å². The van der Waals surface area contributed by atoms with Crippen LogP contribution in [0.25, 0.3) is 0 Å². The first-order valence-corrected chi connectivity index (χ1v) is 6.04. The summed E-state index contributed by atoms with van der Waals surface area (Å²) < 4.78 is 5.15. The van der Waals surface area contributed by atoms with Gasteiger partial charge in [-0.05, 0) is 12.1 Å². The largest absolute Gasteiger partial charge is 0.467 e. The molecule has 0 aliphatic heterocycles. The molecule has 21 heavy (non-hydrogen) atoms. The van der Waals surface area contributed by atoms with Crippen LogP contribution in [0, 0.1) is 10.1 Å². The highest BCUT2D eigenvalue weighted by Gasteiger charge is 2.23. The van der Waals surface area contributed by atoms with Crippen molar-refractivity contribution in [1.29, 1.82) is 0 Å². The highest BCUT2D eigenvalue weighted by atomic mass is 16.6. The standard InChI is InChI=1S/C12H14N6O3/c1-2-5-14-12-16-10(13)9(18(19)20)11(17-12)15-7-8-4-3-6-21-8/h2-4,6H,1,5,7H2,(H4,13,14,15,16,17). The van der Waals surface area contributed by atoms with Crippen molar-refractivity contribution < 1.29 is 9.34 Å². The normalized spacial score (nSPS) is 10.1. The van der Waals surface area contributed by atoms with Gasteiger partial charge in [0.15, 0.2) is 0 Å². The van der Waals surface area contributed by atoms with Gasteiger partial charge in [0.2, 0.25) is 17.6 Å². The van der Waals surface area contributed by atoms with Crippen LogP contribution in [-0.4, -0.2) is 21.4 Å². The lowest BCUT2D eigenvalue weighted by atomic mass is 10.4. The molecule has 2 aromatic rings. The Morgan fingerprint density at radius 1 is 1.48 bits per heavy atom. The number of anilines is 3. The molecule has 0 amide bonds. The van der Waals surface area contributed by atoms with Gasteiger partial charge < -0.3 is 20.8 Å². The third kappa shape index (κ3) is 3.47. The monoisotopic (exact) mass is 290 g/mol. The first kappa shape index (κ1) is 14.3. The van der Waals surface area contributed by atoms with Gasteiger partial charge in [0.05, 0.1) is 17.7 Å². The van der Waals surface area contributed by atoms with E-state index in [4.69, 9.17) is 10.2 Å². The second kappa shape index (κ2) is 6.37. The molecule has 0 atom stereocenters. The molecule has 4 N–H and O–H groups in total. The van der Waals surface area contributed by atoms with Crippen molar-refractivity contribution >= 4 is 23.3 Å². The van der Waals surface area contributed by atoms with E-state index in [1.807, 2.05) is 0 Å². The van der Waals surface area contributed by atoms with Gasteiger partial charge in [-0.1, -0.05) is 6.08 Å². The van der Waals surface area contributed by atoms with Crippen LogP contribution >= 0.6 is 0 Å². The Morgan fingerprint density at radius 3 is 2.90 bits per heavy atom. The number of hydrogen-bond donors (Lipinski definition) is 3. The molecule has 9 heteroatoms. The molecule has 0 saturated heterocycles. The maximum atomic E-state index is 11.1. The van der Waals surface area contributed by atoms with Crippen molar-refractivity contribution in [1.82, 2.24) is 9.97 Å². The average molecular weight is 290 g/mol. The Hall–Kier alpha value is -3.10. The number of rotatable bonds is 7. The summed E-state index contributed by atoms with van der Waals surface area (Å²) in [6, 6.07) is 3.46. The van der Waals surface area contributed by atoms with Crippen LogP contribution in [0.1, 0.15) is 5.76 Å². The predicted molar refractivity (Wildman–Crippen MR) is 77.8 cm³/mol. The molecule has 2 rings (SSSR count). The molecular formula is C12H14N6O3. The van der Waals surface area contributed by atoms with E-state index in [2.05, 4.69) is 27.2 Å². The third-order valence-corrected chi connectivity index (χ3v) is 2.51. The number of furan rings is 1. The van der Waals surface area contributed by atoms with Gasteiger partial charge in [-0.3, -0.25) is 10.1 Å². The van der Waals surface area contributed by atoms with Crippen molar-refractivity contribution in [3.8, 4) is 0 Å². The second-order valence-corrected chi connectivity index (χ2v) is 3.99. The van der Waals surface area contributed by atoms with Crippen molar-refractivity contribution in [3.63, 3.8) is 0 Å². The SMILES string of the molecule is C=CCNc1nc(N)c([N+](=O)[O-])c(NCc2ccco2)n1. The van der Waals surface area contributed by atoms with E-state index in [0.717, 1.165) is 0 Å². The van der Waals surface area contributed by atoms with Crippen LogP contribution in [0.15, 0.2) is 35.5 Å². The zero-order chi connectivity index (χ0) is 15.2. The number of aromatic nitrogens is 2. The van der Waals surface area contributed by atoms with Crippen LogP contribution in [-0.2, 0) is 6.54 Å². The van der Waals surface area contributed by atoms with Crippen LogP contribution < -0.4 is 16.4 Å². The van der Waals surface area contributed by atoms with Gasteiger partial charge in [-0.25, -0.2) is 0 Å². The maximum absolute atomic E-state index is 11.1. The number of nitrogens with zero attached hydrogens (tertiary/aromatic N) is 3.